The van der Waals surface area contributed by atoms with Crippen molar-refractivity contribution in [2.75, 3.05) is 30.3 Å². The van der Waals surface area contributed by atoms with Crippen LogP contribution in [0.15, 0.2) is 22.9 Å². The van der Waals surface area contributed by atoms with Crippen molar-refractivity contribution in [1.29, 1.82) is 0 Å². The lowest BCUT2D eigenvalue weighted by Gasteiger charge is -2.33. The molecule has 0 spiro atoms. The van der Waals surface area contributed by atoms with E-state index in [1.54, 1.807) is 0 Å². The zero-order valence-electron chi connectivity index (χ0n) is 23.5. The van der Waals surface area contributed by atoms with Crippen molar-refractivity contribution in [2.45, 2.75) is 98.5 Å². The lowest BCUT2D eigenvalue weighted by Crippen LogP contribution is -2.47. The number of anilines is 1. The van der Waals surface area contributed by atoms with E-state index in [0.717, 1.165) is 57.0 Å². The average Bonchev–Trinajstić information content (AvgIpc) is 2.80. The summed E-state index contributed by atoms with van der Waals surface area (Å²) >= 11 is 0. The number of benzene rings is 1. The van der Waals surface area contributed by atoms with Crippen molar-refractivity contribution in [1.82, 2.24) is 5.32 Å². The molecule has 0 fully saturated rings. The number of halogens is 6. The molecule has 2 N–H and O–H groups in total. The minimum atomic E-state index is -5.00. The fraction of sp³-hybridized carbons (Fsp3) is 0.741. The van der Waals surface area contributed by atoms with E-state index in [1.807, 2.05) is 20.8 Å². The molecule has 11 heteroatoms. The SMILES string of the molecule is CCCCP(CCCC)(CCCC)=NC[C@@H](NC(=O)Nc1cc(C(F)(F)F)cc(C(F)(F)F)c1)C(C)(C)C. The molecule has 0 saturated heterocycles. The van der Waals surface area contributed by atoms with Crippen LogP contribution in [0.4, 0.5) is 36.8 Å². The first-order valence-electron chi connectivity index (χ1n) is 13.4. The van der Waals surface area contributed by atoms with Crippen LogP contribution in [-0.4, -0.2) is 37.1 Å². The zero-order valence-corrected chi connectivity index (χ0v) is 24.3. The van der Waals surface area contributed by atoms with Gasteiger partial charge in [-0.3, -0.25) is 0 Å². The van der Waals surface area contributed by atoms with E-state index in [4.69, 9.17) is 4.74 Å². The van der Waals surface area contributed by atoms with Gasteiger partial charge in [0.15, 0.2) is 0 Å². The van der Waals surface area contributed by atoms with Crippen molar-refractivity contribution in [2.24, 2.45) is 10.2 Å². The van der Waals surface area contributed by atoms with Crippen molar-refractivity contribution < 1.29 is 31.1 Å². The number of amides is 2. The topological polar surface area (TPSA) is 53.5 Å². The number of hydrogen-bond acceptors (Lipinski definition) is 2. The van der Waals surface area contributed by atoms with E-state index >= 15 is 0 Å². The van der Waals surface area contributed by atoms with Crippen molar-refractivity contribution in [3.8, 4) is 0 Å². The summed E-state index contributed by atoms with van der Waals surface area (Å²) in [6, 6.07) is -0.289. The number of unbranched alkanes of at least 4 members (excludes halogenated alkanes) is 3. The quantitative estimate of drug-likeness (QED) is 0.180. The molecule has 1 atom stereocenters. The number of nitrogens with one attached hydrogen (secondary N) is 2. The molecule has 1 aromatic rings. The lowest BCUT2D eigenvalue weighted by atomic mass is 9.87. The summed E-state index contributed by atoms with van der Waals surface area (Å²) < 4.78 is 84.5. The van der Waals surface area contributed by atoms with E-state index < -0.39 is 53.7 Å². The van der Waals surface area contributed by atoms with Gasteiger partial charge >= 0.3 is 18.4 Å². The van der Waals surface area contributed by atoms with Gasteiger partial charge in [-0.1, -0.05) is 60.8 Å². The van der Waals surface area contributed by atoms with Gasteiger partial charge in [-0.25, -0.2) is 4.79 Å². The van der Waals surface area contributed by atoms with Crippen molar-refractivity contribution in [3.05, 3.63) is 29.3 Å². The van der Waals surface area contributed by atoms with Gasteiger partial charge in [-0.05, 0) is 68.4 Å². The van der Waals surface area contributed by atoms with Gasteiger partial charge in [0.1, 0.15) is 0 Å². The van der Waals surface area contributed by atoms with Crippen LogP contribution >= 0.6 is 7.05 Å². The summed E-state index contributed by atoms with van der Waals surface area (Å²) in [6.45, 7) is 12.6. The fourth-order valence-electron chi connectivity index (χ4n) is 4.05. The molecule has 4 nitrogen and oxygen atoms in total. The number of urea groups is 1. The van der Waals surface area contributed by atoms with E-state index in [-0.39, 0.29) is 6.07 Å². The van der Waals surface area contributed by atoms with Gasteiger partial charge in [0, 0.05) is 5.69 Å². The number of rotatable bonds is 13. The molecule has 0 aromatic heterocycles. The number of hydrogen-bond donors (Lipinski definition) is 2. The number of alkyl halides is 6. The molecule has 1 rings (SSSR count). The predicted molar refractivity (Wildman–Crippen MR) is 145 cm³/mol. The Morgan fingerprint density at radius 2 is 1.24 bits per heavy atom. The number of nitrogens with zero attached hydrogens (tertiary/aromatic N) is 1. The Balaban J connectivity index is 3.27. The monoisotopic (exact) mass is 571 g/mol. The van der Waals surface area contributed by atoms with Gasteiger partial charge in [0.25, 0.3) is 0 Å². The highest BCUT2D eigenvalue weighted by Crippen LogP contribution is 2.52. The highest BCUT2D eigenvalue weighted by atomic mass is 31.2. The molecule has 38 heavy (non-hydrogen) atoms. The van der Waals surface area contributed by atoms with Crippen molar-refractivity contribution in [3.63, 3.8) is 0 Å². The standard InChI is InChI=1S/C27H44F6N3OP/c1-7-10-13-38(14-11-8-2,15-12-9-3)34-19-23(25(4,5)6)36-24(37)35-22-17-20(26(28,29)30)16-21(18-22)27(31,32)33/h16-18,23H,7-15,19H2,1-6H3,(H2,35,36,37)/t23-/m1/s1. The largest absolute Gasteiger partial charge is 0.416 e. The Bertz CT molecular complexity index is 877. The minimum absolute atomic E-state index is 0.0338. The van der Waals surface area contributed by atoms with Crippen LogP contribution in [0.5, 0.6) is 0 Å². The van der Waals surface area contributed by atoms with Crippen LogP contribution in [0.2, 0.25) is 0 Å². The molecular formula is C27H44F6N3OP. The van der Waals surface area contributed by atoms with Crippen LogP contribution < -0.4 is 10.6 Å². The first-order valence-corrected chi connectivity index (χ1v) is 15.7. The second kappa shape index (κ2) is 14.6. The second-order valence-electron chi connectivity index (χ2n) is 11.0. The third kappa shape index (κ3) is 11.6. The molecule has 0 aliphatic heterocycles. The highest BCUT2D eigenvalue weighted by Gasteiger charge is 2.37. The zero-order chi connectivity index (χ0) is 29.2. The predicted octanol–water partition coefficient (Wildman–Crippen LogP) is 9.86. The van der Waals surface area contributed by atoms with Crippen LogP contribution in [0.25, 0.3) is 0 Å². The summed E-state index contributed by atoms with van der Waals surface area (Å²) in [6.07, 6.45) is -0.402. The maximum Gasteiger partial charge on any atom is 0.416 e. The third-order valence-corrected chi connectivity index (χ3v) is 10.8. The summed E-state index contributed by atoms with van der Waals surface area (Å²) in [7, 11) is -1.63. The Hall–Kier alpha value is -1.70. The van der Waals surface area contributed by atoms with Gasteiger partial charge < -0.3 is 15.4 Å². The van der Waals surface area contributed by atoms with Crippen LogP contribution in [0.3, 0.4) is 0 Å². The van der Waals surface area contributed by atoms with Gasteiger partial charge in [-0.2, -0.15) is 26.3 Å². The summed E-state index contributed by atoms with van der Waals surface area (Å²) in [5.74, 6) is 0. The maximum absolute atomic E-state index is 13.2. The molecule has 0 radical (unpaired) electrons. The molecule has 2 amide bonds. The van der Waals surface area contributed by atoms with Gasteiger partial charge in [-0.15, -0.1) is 0 Å². The van der Waals surface area contributed by atoms with E-state index in [2.05, 4.69) is 31.4 Å². The molecule has 0 aliphatic rings. The Labute approximate surface area is 223 Å². The van der Waals surface area contributed by atoms with Crippen molar-refractivity contribution >= 4 is 18.8 Å². The van der Waals surface area contributed by atoms with Crippen LogP contribution in [0.1, 0.15) is 91.2 Å². The second-order valence-corrected chi connectivity index (χ2v) is 14.8. The normalized spacial score (nSPS) is 13.8. The fourth-order valence-corrected chi connectivity index (χ4v) is 8.37. The number of carbonyl (C=O) groups excluding carboxylic acids is 1. The molecular weight excluding hydrogens is 527 g/mol. The first kappa shape index (κ1) is 34.3. The molecule has 0 aliphatic carbocycles. The van der Waals surface area contributed by atoms with E-state index in [1.165, 1.54) is 0 Å². The molecule has 0 saturated carbocycles. The minimum Gasteiger partial charge on any atom is -0.333 e. The average molecular weight is 572 g/mol. The highest BCUT2D eigenvalue weighted by molar-refractivity contribution is 7.66. The summed E-state index contributed by atoms with van der Waals surface area (Å²) in [4.78, 5) is 12.8. The molecule has 1 aromatic carbocycles. The Kier molecular flexibility index (Phi) is 13.2. The Morgan fingerprint density at radius 3 is 1.58 bits per heavy atom. The third-order valence-electron chi connectivity index (χ3n) is 6.54. The molecule has 0 unspecified atom stereocenters. The molecule has 220 valence electrons. The van der Waals surface area contributed by atoms with Gasteiger partial charge in [0.2, 0.25) is 0 Å². The maximum atomic E-state index is 13.2. The van der Waals surface area contributed by atoms with Gasteiger partial charge in [0.05, 0.1) is 23.7 Å². The molecule has 0 heterocycles. The summed E-state index contributed by atoms with van der Waals surface area (Å²) in [5, 5.41) is 4.96. The van der Waals surface area contributed by atoms with E-state index in [9.17, 15) is 31.1 Å². The first-order chi connectivity index (χ1) is 17.5. The summed E-state index contributed by atoms with van der Waals surface area (Å²) in [5.41, 5.74) is -3.99. The smallest absolute Gasteiger partial charge is 0.333 e. The van der Waals surface area contributed by atoms with Crippen LogP contribution in [0, 0.1) is 5.41 Å². The molecule has 0 bridgehead atoms. The lowest BCUT2D eigenvalue weighted by molar-refractivity contribution is -0.143. The Morgan fingerprint density at radius 1 is 0.816 bits per heavy atom. The number of carbonyl (C=O) groups is 1. The van der Waals surface area contributed by atoms with E-state index in [0.29, 0.717) is 18.7 Å². The van der Waals surface area contributed by atoms with Crippen LogP contribution in [-0.2, 0) is 12.4 Å².